The normalized spacial score (nSPS) is 12.1. The van der Waals surface area contributed by atoms with E-state index in [1.807, 2.05) is 0 Å². The molecule has 0 aliphatic rings. The minimum absolute atomic E-state index is 0. The predicted molar refractivity (Wildman–Crippen MR) is 96.3 cm³/mol. The smallest absolute Gasteiger partial charge is 0.188 e. The molecule has 0 atom stereocenters. The van der Waals surface area contributed by atoms with Crippen molar-refractivity contribution in [3.05, 3.63) is 16.1 Å². The summed E-state index contributed by atoms with van der Waals surface area (Å²) in [6.07, 6.45) is 0.854. The summed E-state index contributed by atoms with van der Waals surface area (Å²) in [4.78, 5) is 8.76. The third-order valence-corrected chi connectivity index (χ3v) is 3.78. The molecule has 5 nitrogen and oxygen atoms in total. The highest BCUT2D eigenvalue weighted by Gasteiger charge is 2.17. The minimum atomic E-state index is 0. The quantitative estimate of drug-likeness (QED) is 0.325. The molecule has 20 heavy (non-hydrogen) atoms. The van der Waals surface area contributed by atoms with Gasteiger partial charge >= 0.3 is 0 Å². The number of hydrogen-bond acceptors (Lipinski definition) is 4. The molecule has 1 aromatic heterocycles. The third-order valence-electron chi connectivity index (χ3n) is 2.46. The van der Waals surface area contributed by atoms with Crippen LogP contribution in [0.5, 0.6) is 0 Å². The van der Waals surface area contributed by atoms with Gasteiger partial charge in [0.15, 0.2) is 5.96 Å². The Kier molecular flexibility index (Phi) is 9.32. The molecule has 0 bridgehead atoms. The van der Waals surface area contributed by atoms with Gasteiger partial charge in [-0.2, -0.15) is 0 Å². The fraction of sp³-hybridized carbons (Fsp3) is 0.692. The number of nitrogens with two attached hydrogens (primary N) is 1. The van der Waals surface area contributed by atoms with Gasteiger partial charge in [-0.3, -0.25) is 4.99 Å². The lowest BCUT2D eigenvalue weighted by Crippen LogP contribution is -2.33. The lowest BCUT2D eigenvalue weighted by atomic mass is 9.98. The molecule has 1 aromatic rings. The Bertz CT molecular complexity index is 415. The van der Waals surface area contributed by atoms with Crippen LogP contribution in [-0.2, 0) is 16.6 Å². The summed E-state index contributed by atoms with van der Waals surface area (Å²) in [6.45, 7) is 8.44. The summed E-state index contributed by atoms with van der Waals surface area (Å²) < 4.78 is 4.90. The Morgan fingerprint density at radius 3 is 2.75 bits per heavy atom. The second kappa shape index (κ2) is 9.51. The second-order valence-corrected chi connectivity index (χ2v) is 6.19. The fourth-order valence-corrected chi connectivity index (χ4v) is 2.34. The number of thiazole rings is 1. The number of aliphatic imine (C=N–C) groups is 1. The predicted octanol–water partition coefficient (Wildman–Crippen LogP) is 2.15. The molecule has 0 aliphatic heterocycles. The van der Waals surface area contributed by atoms with E-state index in [-0.39, 0.29) is 29.4 Å². The topological polar surface area (TPSA) is 72.5 Å². The van der Waals surface area contributed by atoms with Crippen LogP contribution in [0.25, 0.3) is 0 Å². The van der Waals surface area contributed by atoms with Crippen molar-refractivity contribution in [1.29, 1.82) is 0 Å². The van der Waals surface area contributed by atoms with Gasteiger partial charge in [-0.1, -0.05) is 20.8 Å². The molecule has 0 spiro atoms. The van der Waals surface area contributed by atoms with Crippen molar-refractivity contribution in [2.24, 2.45) is 10.7 Å². The zero-order valence-corrected chi connectivity index (χ0v) is 15.7. The van der Waals surface area contributed by atoms with Gasteiger partial charge in [0.25, 0.3) is 0 Å². The van der Waals surface area contributed by atoms with E-state index in [0.717, 1.165) is 18.7 Å². The number of aromatic nitrogens is 1. The van der Waals surface area contributed by atoms with Crippen LogP contribution in [0.3, 0.4) is 0 Å². The molecule has 0 aromatic carbocycles. The van der Waals surface area contributed by atoms with E-state index in [9.17, 15) is 0 Å². The SMILES string of the molecule is COCCN=C(N)NCCc1csc(C(C)(C)C)n1.I. The zero-order valence-electron chi connectivity index (χ0n) is 12.6. The number of halogens is 1. The van der Waals surface area contributed by atoms with Crippen molar-refractivity contribution in [1.82, 2.24) is 10.3 Å². The Balaban J connectivity index is 0.00000361. The van der Waals surface area contributed by atoms with E-state index in [1.54, 1.807) is 18.4 Å². The van der Waals surface area contributed by atoms with Gasteiger partial charge in [0.1, 0.15) is 0 Å². The van der Waals surface area contributed by atoms with Crippen LogP contribution in [0.15, 0.2) is 10.4 Å². The molecule has 0 aliphatic carbocycles. The number of nitrogens with zero attached hydrogens (tertiary/aromatic N) is 2. The van der Waals surface area contributed by atoms with E-state index in [4.69, 9.17) is 10.5 Å². The lowest BCUT2D eigenvalue weighted by molar-refractivity contribution is 0.208. The minimum Gasteiger partial charge on any atom is -0.383 e. The molecule has 0 amide bonds. The van der Waals surface area contributed by atoms with Gasteiger partial charge in [-0.05, 0) is 0 Å². The standard InChI is InChI=1S/C13H24N4OS.HI/c1-13(2,3)11-17-10(9-19-11)5-6-15-12(14)16-7-8-18-4;/h9H,5-8H2,1-4H3,(H3,14,15,16);1H. The third kappa shape index (κ3) is 7.39. The summed E-state index contributed by atoms with van der Waals surface area (Å²) in [5.74, 6) is 0.461. The highest BCUT2D eigenvalue weighted by molar-refractivity contribution is 14.0. The molecule has 0 saturated carbocycles. The van der Waals surface area contributed by atoms with Crippen molar-refractivity contribution in [2.45, 2.75) is 32.6 Å². The van der Waals surface area contributed by atoms with Gasteiger partial charge in [-0.15, -0.1) is 35.3 Å². The van der Waals surface area contributed by atoms with Crippen LogP contribution in [0, 0.1) is 0 Å². The highest BCUT2D eigenvalue weighted by Crippen LogP contribution is 2.25. The number of guanidine groups is 1. The molecule has 7 heteroatoms. The summed E-state index contributed by atoms with van der Waals surface area (Å²) in [6, 6.07) is 0. The Morgan fingerprint density at radius 2 is 2.20 bits per heavy atom. The highest BCUT2D eigenvalue weighted by atomic mass is 127. The Hall–Kier alpha value is -0.410. The number of rotatable bonds is 6. The van der Waals surface area contributed by atoms with E-state index in [0.29, 0.717) is 19.1 Å². The molecular formula is C13H25IN4OS. The maximum atomic E-state index is 5.72. The number of methoxy groups -OCH3 is 1. The molecule has 3 N–H and O–H groups in total. The first-order chi connectivity index (χ1) is 8.93. The first-order valence-electron chi connectivity index (χ1n) is 6.41. The van der Waals surface area contributed by atoms with Crippen LogP contribution < -0.4 is 11.1 Å². The number of hydrogen-bond donors (Lipinski definition) is 2. The second-order valence-electron chi connectivity index (χ2n) is 5.33. The summed E-state index contributed by atoms with van der Waals surface area (Å²) in [7, 11) is 1.65. The maximum absolute atomic E-state index is 5.72. The van der Waals surface area contributed by atoms with Crippen LogP contribution in [0.2, 0.25) is 0 Å². The van der Waals surface area contributed by atoms with Crippen molar-refractivity contribution in [3.63, 3.8) is 0 Å². The van der Waals surface area contributed by atoms with Crippen molar-refractivity contribution in [2.75, 3.05) is 26.8 Å². The average Bonchev–Trinajstić information content (AvgIpc) is 2.78. The monoisotopic (exact) mass is 412 g/mol. The van der Waals surface area contributed by atoms with E-state index >= 15 is 0 Å². The average molecular weight is 412 g/mol. The van der Waals surface area contributed by atoms with Crippen molar-refractivity contribution >= 4 is 41.3 Å². The summed E-state index contributed by atoms with van der Waals surface area (Å²) in [5.41, 5.74) is 6.94. The molecular weight excluding hydrogens is 387 g/mol. The largest absolute Gasteiger partial charge is 0.383 e. The Labute approximate surface area is 142 Å². The van der Waals surface area contributed by atoms with Crippen molar-refractivity contribution in [3.8, 4) is 0 Å². The molecule has 0 unspecified atom stereocenters. The van der Waals surface area contributed by atoms with Gasteiger partial charge in [0, 0.05) is 30.9 Å². The Morgan fingerprint density at radius 1 is 1.50 bits per heavy atom. The zero-order chi connectivity index (χ0) is 14.3. The molecule has 116 valence electrons. The van der Waals surface area contributed by atoms with E-state index in [2.05, 4.69) is 41.4 Å². The van der Waals surface area contributed by atoms with E-state index < -0.39 is 0 Å². The van der Waals surface area contributed by atoms with Crippen LogP contribution in [0.4, 0.5) is 0 Å². The van der Waals surface area contributed by atoms with Gasteiger partial charge in [0.05, 0.1) is 23.9 Å². The molecule has 1 rings (SSSR count). The fourth-order valence-electron chi connectivity index (χ4n) is 1.40. The van der Waals surface area contributed by atoms with Gasteiger partial charge in [0.2, 0.25) is 0 Å². The van der Waals surface area contributed by atoms with Crippen LogP contribution >= 0.6 is 35.3 Å². The number of ether oxygens (including phenoxy) is 1. The molecule has 0 fully saturated rings. The molecule has 0 radical (unpaired) electrons. The van der Waals surface area contributed by atoms with Gasteiger partial charge < -0.3 is 15.8 Å². The van der Waals surface area contributed by atoms with Crippen LogP contribution in [-0.4, -0.2) is 37.7 Å². The van der Waals surface area contributed by atoms with Crippen LogP contribution in [0.1, 0.15) is 31.5 Å². The van der Waals surface area contributed by atoms with Crippen molar-refractivity contribution < 1.29 is 4.74 Å². The van der Waals surface area contributed by atoms with E-state index in [1.165, 1.54) is 5.01 Å². The first kappa shape index (κ1) is 19.6. The maximum Gasteiger partial charge on any atom is 0.188 e. The molecule has 0 saturated heterocycles. The lowest BCUT2D eigenvalue weighted by Gasteiger charge is -2.13. The number of nitrogens with one attached hydrogen (secondary N) is 1. The summed E-state index contributed by atoms with van der Waals surface area (Å²) >= 11 is 1.72. The summed E-state index contributed by atoms with van der Waals surface area (Å²) in [5, 5.41) is 6.36. The first-order valence-corrected chi connectivity index (χ1v) is 7.29. The van der Waals surface area contributed by atoms with Gasteiger partial charge in [-0.25, -0.2) is 4.98 Å². The molecule has 1 heterocycles.